The summed E-state index contributed by atoms with van der Waals surface area (Å²) in [5, 5.41) is 1.47. The molecule has 5 heteroatoms. The minimum absolute atomic E-state index is 0.0305. The lowest BCUT2D eigenvalue weighted by atomic mass is 9.97. The predicted molar refractivity (Wildman–Crippen MR) is 71.8 cm³/mol. The van der Waals surface area contributed by atoms with Gasteiger partial charge >= 0.3 is 0 Å². The Bertz CT molecular complexity index is 268. The fourth-order valence-electron chi connectivity index (χ4n) is 2.07. The molecule has 0 atom stereocenters. The minimum atomic E-state index is 0.0305. The number of nitrogens with zero attached hydrogens (tertiary/aromatic N) is 2. The smallest absolute Gasteiger partial charge is 0.260 e. The number of carbonyl (C=O) groups is 1. The van der Waals surface area contributed by atoms with Gasteiger partial charge < -0.3 is 5.73 Å². The van der Waals surface area contributed by atoms with E-state index in [2.05, 4.69) is 25.7 Å². The molecule has 1 aliphatic heterocycles. The van der Waals surface area contributed by atoms with Crippen molar-refractivity contribution in [2.24, 2.45) is 11.1 Å². The second-order valence-electron chi connectivity index (χ2n) is 6.29. The van der Waals surface area contributed by atoms with Gasteiger partial charge in [-0.2, -0.15) is 0 Å². The van der Waals surface area contributed by atoms with Crippen molar-refractivity contribution in [2.75, 3.05) is 33.3 Å². The third-order valence-electron chi connectivity index (χ3n) is 3.11. The molecule has 0 aliphatic carbocycles. The Morgan fingerprint density at radius 2 is 1.94 bits per heavy atom. The lowest BCUT2D eigenvalue weighted by Crippen LogP contribution is -2.47. The number of hydrogen-bond acceptors (Lipinski definition) is 4. The van der Waals surface area contributed by atoms with E-state index in [1.165, 1.54) is 5.06 Å². The molecule has 1 saturated heterocycles. The van der Waals surface area contributed by atoms with E-state index in [1.54, 1.807) is 7.11 Å². The van der Waals surface area contributed by atoms with Crippen LogP contribution in [0.15, 0.2) is 0 Å². The molecule has 0 aromatic heterocycles. The highest BCUT2D eigenvalue weighted by Gasteiger charge is 2.24. The Morgan fingerprint density at radius 1 is 1.39 bits per heavy atom. The number of piperidine rings is 1. The molecule has 5 nitrogen and oxygen atoms in total. The van der Waals surface area contributed by atoms with Crippen LogP contribution in [0.5, 0.6) is 0 Å². The average Bonchev–Trinajstić information content (AvgIpc) is 2.27. The van der Waals surface area contributed by atoms with Gasteiger partial charge in [-0.25, -0.2) is 5.06 Å². The number of hydrogen-bond donors (Lipinski definition) is 1. The van der Waals surface area contributed by atoms with Gasteiger partial charge in [-0.3, -0.25) is 14.5 Å². The molecule has 0 aromatic rings. The molecule has 1 fully saturated rings. The Hall–Kier alpha value is -0.650. The topological polar surface area (TPSA) is 58.8 Å². The van der Waals surface area contributed by atoms with E-state index in [-0.39, 0.29) is 11.3 Å². The molecule has 1 heterocycles. The van der Waals surface area contributed by atoms with Gasteiger partial charge in [0.25, 0.3) is 5.91 Å². The Balaban J connectivity index is 2.42. The van der Waals surface area contributed by atoms with Crippen LogP contribution in [0.1, 0.15) is 33.6 Å². The summed E-state index contributed by atoms with van der Waals surface area (Å²) in [7, 11) is 1.55. The second kappa shape index (κ2) is 6.50. The second-order valence-corrected chi connectivity index (χ2v) is 6.29. The summed E-state index contributed by atoms with van der Waals surface area (Å²) in [6.45, 7) is 9.11. The Morgan fingerprint density at radius 3 is 2.39 bits per heavy atom. The highest BCUT2D eigenvalue weighted by molar-refractivity contribution is 5.77. The highest BCUT2D eigenvalue weighted by Crippen LogP contribution is 2.16. The van der Waals surface area contributed by atoms with Crippen molar-refractivity contribution >= 4 is 5.91 Å². The summed E-state index contributed by atoms with van der Waals surface area (Å²) in [4.78, 5) is 19.5. The van der Waals surface area contributed by atoms with Gasteiger partial charge in [0.2, 0.25) is 0 Å². The van der Waals surface area contributed by atoms with Crippen LogP contribution in [0.2, 0.25) is 0 Å². The first kappa shape index (κ1) is 15.4. The van der Waals surface area contributed by atoms with Gasteiger partial charge in [0.1, 0.15) is 0 Å². The number of nitrogens with two attached hydrogens (primary N) is 1. The fraction of sp³-hybridized carbons (Fsp3) is 0.923. The molecular weight excluding hydrogens is 230 g/mol. The SMILES string of the molecule is CON(CC(C)(C)C)C(=O)CN1CCC(N)CC1. The van der Waals surface area contributed by atoms with Crippen molar-refractivity contribution in [2.45, 2.75) is 39.7 Å². The van der Waals surface area contributed by atoms with Gasteiger partial charge in [-0.1, -0.05) is 20.8 Å². The molecular formula is C13H27N3O2. The zero-order valence-corrected chi connectivity index (χ0v) is 12.1. The molecule has 0 radical (unpaired) electrons. The molecule has 18 heavy (non-hydrogen) atoms. The van der Waals surface area contributed by atoms with E-state index in [0.717, 1.165) is 25.9 Å². The van der Waals surface area contributed by atoms with Crippen LogP contribution in [0.4, 0.5) is 0 Å². The first-order valence-corrected chi connectivity index (χ1v) is 6.64. The van der Waals surface area contributed by atoms with Crippen LogP contribution >= 0.6 is 0 Å². The summed E-state index contributed by atoms with van der Waals surface area (Å²) in [5.41, 5.74) is 5.89. The molecule has 0 aromatic carbocycles. The fourth-order valence-corrected chi connectivity index (χ4v) is 2.07. The van der Waals surface area contributed by atoms with Crippen LogP contribution in [0.25, 0.3) is 0 Å². The summed E-state index contributed by atoms with van der Waals surface area (Å²) < 4.78 is 0. The number of likely N-dealkylation sites (tertiary alicyclic amines) is 1. The molecule has 0 bridgehead atoms. The molecule has 0 spiro atoms. The van der Waals surface area contributed by atoms with Crippen molar-refractivity contribution in [1.29, 1.82) is 0 Å². The lowest BCUT2D eigenvalue weighted by Gasteiger charge is -2.32. The third kappa shape index (κ3) is 5.33. The van der Waals surface area contributed by atoms with Gasteiger partial charge in [-0.05, 0) is 18.3 Å². The minimum Gasteiger partial charge on any atom is -0.328 e. The maximum absolute atomic E-state index is 12.1. The Labute approximate surface area is 110 Å². The van der Waals surface area contributed by atoms with Crippen molar-refractivity contribution in [1.82, 2.24) is 9.96 Å². The molecule has 1 amide bonds. The van der Waals surface area contributed by atoms with Gasteiger partial charge in [0.05, 0.1) is 20.2 Å². The summed E-state index contributed by atoms with van der Waals surface area (Å²) >= 11 is 0. The lowest BCUT2D eigenvalue weighted by molar-refractivity contribution is -0.183. The normalized spacial score (nSPS) is 18.9. The van der Waals surface area contributed by atoms with Gasteiger partial charge in [0.15, 0.2) is 0 Å². The van der Waals surface area contributed by atoms with Crippen molar-refractivity contribution in [3.8, 4) is 0 Å². The van der Waals surface area contributed by atoms with Crippen molar-refractivity contribution in [3.63, 3.8) is 0 Å². The zero-order valence-electron chi connectivity index (χ0n) is 12.1. The molecule has 0 saturated carbocycles. The van der Waals surface area contributed by atoms with E-state index in [1.807, 2.05) is 0 Å². The van der Waals surface area contributed by atoms with Crippen molar-refractivity contribution in [3.05, 3.63) is 0 Å². The van der Waals surface area contributed by atoms with Crippen LogP contribution in [0.3, 0.4) is 0 Å². The molecule has 1 aliphatic rings. The van der Waals surface area contributed by atoms with E-state index in [9.17, 15) is 4.79 Å². The number of rotatable bonds is 4. The highest BCUT2D eigenvalue weighted by atomic mass is 16.7. The maximum atomic E-state index is 12.1. The quantitative estimate of drug-likeness (QED) is 0.758. The third-order valence-corrected chi connectivity index (χ3v) is 3.11. The van der Waals surface area contributed by atoms with Crippen LogP contribution in [0, 0.1) is 5.41 Å². The van der Waals surface area contributed by atoms with Crippen LogP contribution < -0.4 is 5.73 Å². The van der Waals surface area contributed by atoms with E-state index in [4.69, 9.17) is 10.6 Å². The first-order chi connectivity index (χ1) is 8.31. The standard InChI is InChI=1S/C13H27N3O2/c1-13(2,3)10-16(18-4)12(17)9-15-7-5-11(14)6-8-15/h11H,5-10,14H2,1-4H3. The molecule has 1 rings (SSSR count). The number of amides is 1. The molecule has 0 unspecified atom stereocenters. The largest absolute Gasteiger partial charge is 0.328 e. The Kier molecular flexibility index (Phi) is 5.56. The zero-order chi connectivity index (χ0) is 13.8. The van der Waals surface area contributed by atoms with E-state index >= 15 is 0 Å². The predicted octanol–water partition coefficient (Wildman–Crippen LogP) is 0.846. The van der Waals surface area contributed by atoms with Crippen molar-refractivity contribution < 1.29 is 9.63 Å². The van der Waals surface area contributed by atoms with E-state index < -0.39 is 0 Å². The summed E-state index contributed by atoms with van der Waals surface area (Å²) in [5.74, 6) is 0.0305. The van der Waals surface area contributed by atoms with E-state index in [0.29, 0.717) is 19.1 Å². The monoisotopic (exact) mass is 257 g/mol. The summed E-state index contributed by atoms with van der Waals surface area (Å²) in [6.07, 6.45) is 1.94. The first-order valence-electron chi connectivity index (χ1n) is 6.64. The van der Waals surface area contributed by atoms with Crippen LogP contribution in [-0.4, -0.2) is 55.2 Å². The molecule has 2 N–H and O–H groups in total. The maximum Gasteiger partial charge on any atom is 0.260 e. The summed E-state index contributed by atoms with van der Waals surface area (Å²) in [6, 6.07) is 0.296. The van der Waals surface area contributed by atoms with Gasteiger partial charge in [0, 0.05) is 19.1 Å². The van der Waals surface area contributed by atoms with Crippen LogP contribution in [-0.2, 0) is 9.63 Å². The number of hydroxylamine groups is 2. The average molecular weight is 257 g/mol. The molecule has 106 valence electrons. The number of carbonyl (C=O) groups excluding carboxylic acids is 1. The van der Waals surface area contributed by atoms with Gasteiger partial charge in [-0.15, -0.1) is 0 Å².